The predicted octanol–water partition coefficient (Wildman–Crippen LogP) is 1.98. The molecule has 0 saturated carbocycles. The molecule has 0 saturated heterocycles. The lowest BCUT2D eigenvalue weighted by atomic mass is 10.0. The second-order valence-corrected chi connectivity index (χ2v) is 15.4. The van der Waals surface area contributed by atoms with Crippen LogP contribution in [0, 0.1) is 5.92 Å². The first-order valence-corrected chi connectivity index (χ1v) is 18.0. The first-order chi connectivity index (χ1) is 18.1. The van der Waals surface area contributed by atoms with E-state index in [2.05, 4.69) is 16.0 Å². The quantitative estimate of drug-likeness (QED) is 0.0802. The molecule has 0 aliphatic heterocycles. The van der Waals surface area contributed by atoms with E-state index in [1.54, 1.807) is 13.8 Å². The standard InChI is InChI=1S/C24H49N3O9S2Si/c1-8-34-39(35-9-2,36-10-3)16-12-14-25-21(28)17-26-23(30)20(5)37-15-11-13-19(4)22(29)27-24(6,7)18-38(31,32)33/h19-20H,8-18H2,1-7H3,(H,25,28)(H,26,30)(H,27,29)(H,31,32,33). The largest absolute Gasteiger partial charge is 0.500 e. The van der Waals surface area contributed by atoms with Crippen molar-refractivity contribution in [2.24, 2.45) is 5.92 Å². The average molecular weight is 616 g/mol. The summed E-state index contributed by atoms with van der Waals surface area (Å²) in [5, 5.41) is 7.71. The van der Waals surface area contributed by atoms with Crippen LogP contribution in [-0.2, 0) is 37.8 Å². The minimum absolute atomic E-state index is 0.120. The molecule has 0 aromatic carbocycles. The van der Waals surface area contributed by atoms with Crippen molar-refractivity contribution >= 4 is 48.4 Å². The molecule has 39 heavy (non-hydrogen) atoms. The fraction of sp³-hybridized carbons (Fsp3) is 0.875. The van der Waals surface area contributed by atoms with Gasteiger partial charge in [-0.1, -0.05) is 6.92 Å². The summed E-state index contributed by atoms with van der Waals surface area (Å²) in [6.07, 6.45) is 1.86. The van der Waals surface area contributed by atoms with Gasteiger partial charge in [-0.2, -0.15) is 8.42 Å². The summed E-state index contributed by atoms with van der Waals surface area (Å²) in [4.78, 5) is 36.8. The highest BCUT2D eigenvalue weighted by Gasteiger charge is 2.39. The molecule has 0 heterocycles. The van der Waals surface area contributed by atoms with Gasteiger partial charge in [0.2, 0.25) is 17.7 Å². The van der Waals surface area contributed by atoms with Crippen molar-refractivity contribution < 1.29 is 40.6 Å². The Morgan fingerprint density at radius 3 is 2.03 bits per heavy atom. The van der Waals surface area contributed by atoms with Crippen LogP contribution in [-0.4, -0.2) is 94.7 Å². The lowest BCUT2D eigenvalue weighted by molar-refractivity contribution is -0.126. The highest BCUT2D eigenvalue weighted by Crippen LogP contribution is 2.18. The van der Waals surface area contributed by atoms with E-state index in [4.69, 9.17) is 17.8 Å². The van der Waals surface area contributed by atoms with E-state index >= 15 is 0 Å². The number of hydrogen-bond acceptors (Lipinski definition) is 9. The summed E-state index contributed by atoms with van der Waals surface area (Å²) in [5.74, 6) is -1.12. The number of hydrogen-bond donors (Lipinski definition) is 4. The Morgan fingerprint density at radius 1 is 0.949 bits per heavy atom. The summed E-state index contributed by atoms with van der Waals surface area (Å²) in [5.41, 5.74) is -1.09. The van der Waals surface area contributed by atoms with Crippen LogP contribution in [0.4, 0.5) is 0 Å². The molecule has 4 N–H and O–H groups in total. The van der Waals surface area contributed by atoms with E-state index in [1.807, 2.05) is 20.8 Å². The van der Waals surface area contributed by atoms with Crippen molar-refractivity contribution in [1.29, 1.82) is 0 Å². The van der Waals surface area contributed by atoms with E-state index in [-0.39, 0.29) is 35.4 Å². The smallest absolute Gasteiger partial charge is 0.374 e. The summed E-state index contributed by atoms with van der Waals surface area (Å²) >= 11 is 1.42. The van der Waals surface area contributed by atoms with Crippen molar-refractivity contribution in [2.75, 3.05) is 44.4 Å². The number of carbonyl (C=O) groups is 3. The average Bonchev–Trinajstić information content (AvgIpc) is 2.81. The Hall–Kier alpha value is -1.23. The van der Waals surface area contributed by atoms with Crippen molar-refractivity contribution in [3.63, 3.8) is 0 Å². The van der Waals surface area contributed by atoms with Gasteiger partial charge in [-0.05, 0) is 66.6 Å². The molecule has 0 radical (unpaired) electrons. The molecule has 0 aliphatic rings. The molecule has 0 aromatic heterocycles. The summed E-state index contributed by atoms with van der Waals surface area (Å²) in [6, 6.07) is 0.589. The minimum Gasteiger partial charge on any atom is -0.374 e. The van der Waals surface area contributed by atoms with Crippen molar-refractivity contribution in [1.82, 2.24) is 16.0 Å². The first kappa shape index (κ1) is 37.8. The third kappa shape index (κ3) is 17.9. The van der Waals surface area contributed by atoms with Gasteiger partial charge in [-0.25, -0.2) is 0 Å². The second kappa shape index (κ2) is 19.0. The lowest BCUT2D eigenvalue weighted by Gasteiger charge is -2.28. The molecule has 230 valence electrons. The van der Waals surface area contributed by atoms with Gasteiger partial charge in [0.25, 0.3) is 10.1 Å². The molecule has 0 spiro atoms. The molecular weight excluding hydrogens is 566 g/mol. The minimum atomic E-state index is -4.21. The molecule has 0 fully saturated rings. The van der Waals surface area contributed by atoms with Gasteiger partial charge in [0.15, 0.2) is 0 Å². The summed E-state index contributed by atoms with van der Waals surface area (Å²) in [7, 11) is -6.96. The molecule has 3 amide bonds. The van der Waals surface area contributed by atoms with E-state index in [9.17, 15) is 22.8 Å². The Kier molecular flexibility index (Phi) is 18.4. The molecule has 0 aliphatic carbocycles. The summed E-state index contributed by atoms with van der Waals surface area (Å²) < 4.78 is 48.6. The third-order valence-electron chi connectivity index (χ3n) is 5.47. The Bertz CT molecular complexity index is 843. The van der Waals surface area contributed by atoms with Gasteiger partial charge in [0.05, 0.1) is 23.1 Å². The molecular formula is C24H49N3O9S2Si. The van der Waals surface area contributed by atoms with Crippen LogP contribution in [0.15, 0.2) is 0 Å². The van der Waals surface area contributed by atoms with Gasteiger partial charge < -0.3 is 29.2 Å². The van der Waals surface area contributed by atoms with Crippen LogP contribution in [0.5, 0.6) is 0 Å². The maximum atomic E-state index is 12.3. The number of amides is 3. The Morgan fingerprint density at radius 2 is 1.51 bits per heavy atom. The molecule has 0 bridgehead atoms. The fourth-order valence-corrected chi connectivity index (χ4v) is 8.23. The first-order valence-electron chi connectivity index (χ1n) is 13.4. The van der Waals surface area contributed by atoms with Crippen LogP contribution in [0.25, 0.3) is 0 Å². The van der Waals surface area contributed by atoms with Crippen molar-refractivity contribution in [3.8, 4) is 0 Å². The van der Waals surface area contributed by atoms with Gasteiger partial charge in [0, 0.05) is 38.3 Å². The van der Waals surface area contributed by atoms with E-state index in [0.717, 1.165) is 0 Å². The topological polar surface area (TPSA) is 169 Å². The number of thioether (sulfide) groups is 1. The highest BCUT2D eigenvalue weighted by atomic mass is 32.2. The van der Waals surface area contributed by atoms with E-state index in [0.29, 0.717) is 57.4 Å². The fourth-order valence-electron chi connectivity index (χ4n) is 3.71. The monoisotopic (exact) mass is 615 g/mol. The van der Waals surface area contributed by atoms with Gasteiger partial charge in [0.1, 0.15) is 0 Å². The van der Waals surface area contributed by atoms with Crippen LogP contribution in [0.2, 0.25) is 6.04 Å². The van der Waals surface area contributed by atoms with Crippen LogP contribution in [0.1, 0.15) is 67.7 Å². The second-order valence-electron chi connectivity index (χ2n) is 9.81. The van der Waals surface area contributed by atoms with Crippen LogP contribution < -0.4 is 16.0 Å². The van der Waals surface area contributed by atoms with Crippen LogP contribution >= 0.6 is 11.8 Å². The zero-order chi connectivity index (χ0) is 30.1. The molecule has 12 nitrogen and oxygen atoms in total. The predicted molar refractivity (Wildman–Crippen MR) is 155 cm³/mol. The normalized spacial score (nSPS) is 13.9. The molecule has 15 heteroatoms. The van der Waals surface area contributed by atoms with Crippen LogP contribution in [0.3, 0.4) is 0 Å². The van der Waals surface area contributed by atoms with Gasteiger partial charge in [-0.3, -0.25) is 18.9 Å². The maximum absolute atomic E-state index is 12.3. The number of carbonyl (C=O) groups excluding carboxylic acids is 3. The molecule has 0 rings (SSSR count). The summed E-state index contributed by atoms with van der Waals surface area (Å²) in [6.45, 7) is 14.0. The SMILES string of the molecule is CCO[Si](CCCNC(=O)CNC(=O)C(C)SCCCC(C)C(=O)NC(C)(C)CS(=O)(=O)O)(OCC)OCC. The zero-order valence-corrected chi connectivity index (χ0v) is 27.1. The van der Waals surface area contributed by atoms with E-state index in [1.165, 1.54) is 25.6 Å². The lowest BCUT2D eigenvalue weighted by Crippen LogP contribution is -2.50. The van der Waals surface area contributed by atoms with Crippen molar-refractivity contribution in [3.05, 3.63) is 0 Å². The zero-order valence-electron chi connectivity index (χ0n) is 24.5. The molecule has 2 unspecified atom stereocenters. The number of nitrogens with one attached hydrogen (secondary N) is 3. The molecule has 2 atom stereocenters. The van der Waals surface area contributed by atoms with Gasteiger partial charge >= 0.3 is 8.80 Å². The van der Waals surface area contributed by atoms with E-state index < -0.39 is 30.2 Å². The Balaban J connectivity index is 4.27. The Labute approximate surface area is 239 Å². The maximum Gasteiger partial charge on any atom is 0.500 e. The third-order valence-corrected chi connectivity index (χ3v) is 10.9. The number of rotatable bonds is 22. The van der Waals surface area contributed by atoms with Gasteiger partial charge in [-0.15, -0.1) is 11.8 Å². The van der Waals surface area contributed by atoms with Crippen molar-refractivity contribution in [2.45, 2.75) is 84.6 Å². The highest BCUT2D eigenvalue weighted by molar-refractivity contribution is 8.00. The molecule has 0 aromatic rings.